The van der Waals surface area contributed by atoms with Crippen LogP contribution >= 0.6 is 15.6 Å². The van der Waals surface area contributed by atoms with Crippen LogP contribution in [-0.4, -0.2) is 61.6 Å². The number of benzene rings is 1. The SMILES string of the molecule is COc1cc(N(C)CCCCN)c2ncccc2c1.O=P(O)(O)O.O=P(O)(O)O. The zero-order valence-corrected chi connectivity index (χ0v) is 17.8. The highest BCUT2D eigenvalue weighted by atomic mass is 31.2. The van der Waals surface area contributed by atoms with Crippen molar-refractivity contribution in [2.75, 3.05) is 32.1 Å². The molecule has 0 amide bonds. The van der Waals surface area contributed by atoms with Crippen molar-refractivity contribution in [3.8, 4) is 5.75 Å². The lowest BCUT2D eigenvalue weighted by Gasteiger charge is -2.21. The highest BCUT2D eigenvalue weighted by Gasteiger charge is 2.09. The number of pyridine rings is 1. The molecule has 0 aliphatic carbocycles. The average Bonchev–Trinajstić information content (AvgIpc) is 2.58. The van der Waals surface area contributed by atoms with Crippen molar-refractivity contribution >= 4 is 32.2 Å². The normalized spacial score (nSPS) is 11.1. The molecule has 0 unspecified atom stereocenters. The van der Waals surface area contributed by atoms with Gasteiger partial charge in [-0.05, 0) is 31.5 Å². The number of hydrogen-bond donors (Lipinski definition) is 7. The topological polar surface area (TPSA) is 207 Å². The van der Waals surface area contributed by atoms with Gasteiger partial charge in [0.05, 0.1) is 18.3 Å². The molecule has 2 aromatic rings. The van der Waals surface area contributed by atoms with Crippen molar-refractivity contribution in [2.24, 2.45) is 5.73 Å². The van der Waals surface area contributed by atoms with Crippen LogP contribution in [0.3, 0.4) is 0 Å². The number of ether oxygens (including phenoxy) is 1. The summed E-state index contributed by atoms with van der Waals surface area (Å²) < 4.78 is 23.1. The first kappa shape index (κ1) is 27.4. The smallest absolute Gasteiger partial charge is 0.466 e. The molecule has 0 saturated carbocycles. The van der Waals surface area contributed by atoms with E-state index in [-0.39, 0.29) is 0 Å². The van der Waals surface area contributed by atoms with Gasteiger partial charge in [-0.1, -0.05) is 6.07 Å². The fraction of sp³-hybridized carbons (Fsp3) is 0.400. The van der Waals surface area contributed by atoms with Crippen LogP contribution in [0.25, 0.3) is 10.9 Å². The van der Waals surface area contributed by atoms with Crippen LogP contribution in [0.2, 0.25) is 0 Å². The van der Waals surface area contributed by atoms with Gasteiger partial charge >= 0.3 is 15.6 Å². The molecule has 0 radical (unpaired) electrons. The average molecular weight is 455 g/mol. The van der Waals surface area contributed by atoms with E-state index in [1.165, 1.54) is 0 Å². The van der Waals surface area contributed by atoms with E-state index < -0.39 is 15.6 Å². The van der Waals surface area contributed by atoms with Crippen molar-refractivity contribution in [3.05, 3.63) is 30.5 Å². The molecule has 0 bridgehead atoms. The minimum absolute atomic E-state index is 0.741. The van der Waals surface area contributed by atoms with Gasteiger partial charge in [0.1, 0.15) is 5.75 Å². The Kier molecular flexibility index (Phi) is 12.2. The van der Waals surface area contributed by atoms with Gasteiger partial charge in [-0.15, -0.1) is 0 Å². The van der Waals surface area contributed by atoms with Gasteiger partial charge in [0.25, 0.3) is 0 Å². The minimum Gasteiger partial charge on any atom is -0.497 e. The van der Waals surface area contributed by atoms with Crippen molar-refractivity contribution in [1.29, 1.82) is 0 Å². The molecular formula is C15H27N3O9P2. The first-order valence-electron chi connectivity index (χ1n) is 8.16. The summed E-state index contributed by atoms with van der Waals surface area (Å²) in [7, 11) is -5.50. The summed E-state index contributed by atoms with van der Waals surface area (Å²) in [4.78, 5) is 49.8. The lowest BCUT2D eigenvalue weighted by molar-refractivity contribution is 0.272. The van der Waals surface area contributed by atoms with Gasteiger partial charge < -0.3 is 44.7 Å². The molecule has 1 aromatic heterocycles. The Morgan fingerprint density at radius 2 is 1.62 bits per heavy atom. The Morgan fingerprint density at radius 1 is 1.07 bits per heavy atom. The summed E-state index contributed by atoms with van der Waals surface area (Å²) in [6.07, 6.45) is 3.95. The van der Waals surface area contributed by atoms with Crippen molar-refractivity contribution in [3.63, 3.8) is 0 Å². The fourth-order valence-electron chi connectivity index (χ4n) is 2.17. The van der Waals surface area contributed by atoms with Crippen LogP contribution < -0.4 is 15.4 Å². The predicted octanol–water partition coefficient (Wildman–Crippen LogP) is 0.561. The monoisotopic (exact) mass is 455 g/mol. The van der Waals surface area contributed by atoms with Crippen molar-refractivity contribution in [2.45, 2.75) is 12.8 Å². The Hall–Kier alpha value is -1.59. The molecule has 0 saturated heterocycles. The van der Waals surface area contributed by atoms with Gasteiger partial charge in [0.2, 0.25) is 0 Å². The third-order valence-electron chi connectivity index (χ3n) is 3.25. The van der Waals surface area contributed by atoms with E-state index in [1.54, 1.807) is 7.11 Å². The summed E-state index contributed by atoms with van der Waals surface area (Å²) >= 11 is 0. The Labute approximate surface area is 168 Å². The number of unbranched alkanes of at least 4 members (excludes halogenated alkanes) is 1. The van der Waals surface area contributed by atoms with E-state index in [0.29, 0.717) is 0 Å². The highest BCUT2D eigenvalue weighted by Crippen LogP contribution is 2.30. The van der Waals surface area contributed by atoms with Crippen LogP contribution in [-0.2, 0) is 9.13 Å². The molecule has 0 spiro atoms. The van der Waals surface area contributed by atoms with Gasteiger partial charge in [-0.3, -0.25) is 4.98 Å². The molecule has 1 aromatic carbocycles. The number of hydrogen-bond acceptors (Lipinski definition) is 6. The van der Waals surface area contributed by atoms with Gasteiger partial charge in [-0.25, -0.2) is 9.13 Å². The second-order valence-corrected chi connectivity index (χ2v) is 7.72. The lowest BCUT2D eigenvalue weighted by atomic mass is 10.1. The lowest BCUT2D eigenvalue weighted by Crippen LogP contribution is -2.20. The zero-order chi connectivity index (χ0) is 22.7. The summed E-state index contributed by atoms with van der Waals surface area (Å²) in [6.45, 7) is 1.71. The first-order valence-corrected chi connectivity index (χ1v) is 11.3. The molecule has 14 heteroatoms. The number of rotatable bonds is 6. The number of methoxy groups -OCH3 is 1. The predicted molar refractivity (Wildman–Crippen MR) is 108 cm³/mol. The maximum Gasteiger partial charge on any atom is 0.466 e. The maximum absolute atomic E-state index is 8.88. The Morgan fingerprint density at radius 3 is 2.10 bits per heavy atom. The summed E-state index contributed by atoms with van der Waals surface area (Å²) in [5.41, 5.74) is 7.65. The minimum atomic E-state index is -4.64. The number of fused-ring (bicyclic) bond motifs is 1. The van der Waals surface area contributed by atoms with Crippen LogP contribution in [0, 0.1) is 0 Å². The molecule has 29 heavy (non-hydrogen) atoms. The molecule has 1 heterocycles. The quantitative estimate of drug-likeness (QED) is 0.236. The molecular weight excluding hydrogens is 428 g/mol. The standard InChI is InChI=1S/C15H21N3O.2H3O4P/c1-18(9-4-3-7-16)14-11-13(19-2)10-12-6-5-8-17-15(12)14;2*1-5(2,3)4/h5-6,8,10-11H,3-4,7,9,16H2,1-2H3;2*(H3,1,2,3,4). The van der Waals surface area contributed by atoms with Gasteiger partial charge in [-0.2, -0.15) is 0 Å². The molecule has 0 aliphatic rings. The zero-order valence-electron chi connectivity index (χ0n) is 16.0. The number of nitrogens with two attached hydrogens (primary N) is 1. The van der Waals surface area contributed by atoms with Crippen molar-refractivity contribution in [1.82, 2.24) is 4.98 Å². The Bertz CT molecular complexity index is 804. The summed E-state index contributed by atoms with van der Waals surface area (Å²) in [5, 5.41) is 1.10. The van der Waals surface area contributed by atoms with E-state index in [4.69, 9.17) is 49.0 Å². The number of nitrogens with zero attached hydrogens (tertiary/aromatic N) is 2. The molecule has 12 nitrogen and oxygen atoms in total. The molecule has 0 aliphatic heterocycles. The largest absolute Gasteiger partial charge is 0.497 e. The first-order chi connectivity index (χ1) is 13.3. The fourth-order valence-corrected chi connectivity index (χ4v) is 2.17. The highest BCUT2D eigenvalue weighted by molar-refractivity contribution is 7.45. The van der Waals surface area contributed by atoms with E-state index >= 15 is 0 Å². The third-order valence-corrected chi connectivity index (χ3v) is 3.25. The summed E-state index contributed by atoms with van der Waals surface area (Å²) in [5.74, 6) is 0.862. The van der Waals surface area contributed by atoms with E-state index in [9.17, 15) is 0 Å². The molecule has 166 valence electrons. The van der Waals surface area contributed by atoms with Crippen molar-refractivity contribution < 1.29 is 43.2 Å². The van der Waals surface area contributed by atoms with Gasteiger partial charge in [0.15, 0.2) is 0 Å². The molecule has 2 rings (SSSR count). The van der Waals surface area contributed by atoms with Crippen LogP contribution in [0.4, 0.5) is 5.69 Å². The molecule has 0 fully saturated rings. The molecule has 8 N–H and O–H groups in total. The number of anilines is 1. The number of phosphoric acid groups is 2. The second kappa shape index (κ2) is 12.9. The van der Waals surface area contributed by atoms with Gasteiger partial charge in [0, 0.05) is 31.2 Å². The summed E-state index contributed by atoms with van der Waals surface area (Å²) in [6, 6.07) is 8.05. The maximum atomic E-state index is 8.88. The van der Waals surface area contributed by atoms with Crippen LogP contribution in [0.1, 0.15) is 12.8 Å². The molecule has 0 atom stereocenters. The second-order valence-electron chi connectivity index (χ2n) is 5.67. The van der Waals surface area contributed by atoms with E-state index in [2.05, 4.69) is 23.0 Å². The van der Waals surface area contributed by atoms with Crippen LogP contribution in [0.15, 0.2) is 30.5 Å². The van der Waals surface area contributed by atoms with E-state index in [1.807, 2.05) is 24.4 Å². The van der Waals surface area contributed by atoms with Crippen LogP contribution in [0.5, 0.6) is 5.75 Å². The third kappa shape index (κ3) is 15.0. The Balaban J connectivity index is 0.000000653. The number of aromatic nitrogens is 1. The van der Waals surface area contributed by atoms with E-state index in [0.717, 1.165) is 48.3 Å².